The zero-order valence-electron chi connectivity index (χ0n) is 16.3. The Labute approximate surface area is 180 Å². The van der Waals surface area contributed by atoms with E-state index in [1.54, 1.807) is 11.3 Å². The smallest absolute Gasteiger partial charge is 0.139 e. The van der Waals surface area contributed by atoms with Crippen molar-refractivity contribution in [2.24, 2.45) is 4.99 Å². The quantitative estimate of drug-likeness (QED) is 0.583. The highest BCUT2D eigenvalue weighted by atomic mass is 35.5. The number of nitrogens with zero attached hydrogens (tertiary/aromatic N) is 2. The van der Waals surface area contributed by atoms with Gasteiger partial charge in [0.25, 0.3) is 0 Å². The lowest BCUT2D eigenvalue weighted by Crippen LogP contribution is -2.53. The molecule has 2 aliphatic rings. The van der Waals surface area contributed by atoms with E-state index in [4.69, 9.17) is 16.6 Å². The average Bonchev–Trinajstić information content (AvgIpc) is 3.01. The minimum atomic E-state index is 0.334. The van der Waals surface area contributed by atoms with Crippen LogP contribution in [0.4, 0.5) is 16.4 Å². The van der Waals surface area contributed by atoms with Crippen LogP contribution < -0.4 is 10.6 Å². The SMILES string of the molecule is Cc1cc2c(s1)Nc1ccccc1N=C2N1CCNC(Cc2ccccc2Cl)C1. The van der Waals surface area contributed by atoms with Crippen molar-refractivity contribution < 1.29 is 0 Å². The van der Waals surface area contributed by atoms with E-state index in [2.05, 4.69) is 58.9 Å². The molecule has 5 rings (SSSR count). The summed E-state index contributed by atoms with van der Waals surface area (Å²) in [7, 11) is 0. The van der Waals surface area contributed by atoms with Crippen LogP contribution in [0.25, 0.3) is 0 Å². The average molecular weight is 423 g/mol. The third-order valence-corrected chi connectivity index (χ3v) is 6.79. The number of aryl methyl sites for hydroxylation is 1. The molecule has 0 amide bonds. The highest BCUT2D eigenvalue weighted by Gasteiger charge is 2.27. The van der Waals surface area contributed by atoms with E-state index in [0.29, 0.717) is 6.04 Å². The van der Waals surface area contributed by atoms with Gasteiger partial charge in [0.05, 0.1) is 16.9 Å². The molecule has 1 atom stereocenters. The largest absolute Gasteiger partial charge is 0.353 e. The van der Waals surface area contributed by atoms with Crippen molar-refractivity contribution in [1.29, 1.82) is 0 Å². The number of aliphatic imine (C=N–C) groups is 1. The molecule has 148 valence electrons. The number of piperazine rings is 1. The van der Waals surface area contributed by atoms with Crippen molar-refractivity contribution in [1.82, 2.24) is 10.2 Å². The first-order chi connectivity index (χ1) is 14.2. The number of anilines is 2. The predicted octanol–water partition coefficient (Wildman–Crippen LogP) is 5.36. The Morgan fingerprint density at radius 1 is 1.17 bits per heavy atom. The van der Waals surface area contributed by atoms with Gasteiger partial charge in [0, 0.05) is 35.6 Å². The summed E-state index contributed by atoms with van der Waals surface area (Å²) in [5.41, 5.74) is 4.44. The second-order valence-corrected chi connectivity index (χ2v) is 9.23. The Balaban J connectivity index is 1.47. The van der Waals surface area contributed by atoms with Crippen molar-refractivity contribution in [2.45, 2.75) is 19.4 Å². The first-order valence-corrected chi connectivity index (χ1v) is 11.1. The molecule has 4 nitrogen and oxygen atoms in total. The fourth-order valence-electron chi connectivity index (χ4n) is 4.07. The van der Waals surface area contributed by atoms with E-state index in [1.165, 1.54) is 21.0 Å². The summed E-state index contributed by atoms with van der Waals surface area (Å²) in [4.78, 5) is 8.82. The summed E-state index contributed by atoms with van der Waals surface area (Å²) < 4.78 is 0. The molecule has 3 heterocycles. The second-order valence-electron chi connectivity index (χ2n) is 7.57. The number of hydrogen-bond donors (Lipinski definition) is 2. The molecule has 1 fully saturated rings. The summed E-state index contributed by atoms with van der Waals surface area (Å²) in [6.45, 7) is 4.93. The van der Waals surface area contributed by atoms with E-state index >= 15 is 0 Å². The molecule has 29 heavy (non-hydrogen) atoms. The van der Waals surface area contributed by atoms with Crippen molar-refractivity contribution in [3.05, 3.63) is 75.6 Å². The van der Waals surface area contributed by atoms with Crippen LogP contribution in [0.15, 0.2) is 59.6 Å². The van der Waals surface area contributed by atoms with Crippen molar-refractivity contribution in [2.75, 3.05) is 25.0 Å². The molecule has 0 aliphatic carbocycles. The lowest BCUT2D eigenvalue weighted by Gasteiger charge is -2.36. The number of para-hydroxylation sites is 2. The van der Waals surface area contributed by atoms with Gasteiger partial charge in [0.1, 0.15) is 10.8 Å². The van der Waals surface area contributed by atoms with Crippen LogP contribution in [0.2, 0.25) is 5.02 Å². The summed E-state index contributed by atoms with van der Waals surface area (Å²) in [6, 6.07) is 19.0. The van der Waals surface area contributed by atoms with Crippen LogP contribution >= 0.6 is 22.9 Å². The van der Waals surface area contributed by atoms with Crippen LogP contribution in [0.5, 0.6) is 0 Å². The summed E-state index contributed by atoms with van der Waals surface area (Å²) in [5, 5.41) is 9.27. The lowest BCUT2D eigenvalue weighted by atomic mass is 10.0. The number of rotatable bonds is 2. The van der Waals surface area contributed by atoms with Gasteiger partial charge in [0.15, 0.2) is 0 Å². The van der Waals surface area contributed by atoms with E-state index < -0.39 is 0 Å². The Morgan fingerprint density at radius 2 is 2.00 bits per heavy atom. The number of benzene rings is 2. The maximum absolute atomic E-state index is 6.40. The molecule has 1 aromatic heterocycles. The van der Waals surface area contributed by atoms with Crippen LogP contribution in [-0.4, -0.2) is 36.4 Å². The fourth-order valence-corrected chi connectivity index (χ4v) is 5.20. The Kier molecular flexibility index (Phi) is 5.04. The summed E-state index contributed by atoms with van der Waals surface area (Å²) in [6.07, 6.45) is 0.911. The highest BCUT2D eigenvalue weighted by Crippen LogP contribution is 2.39. The van der Waals surface area contributed by atoms with Gasteiger partial charge in [-0.3, -0.25) is 0 Å². The topological polar surface area (TPSA) is 39.7 Å². The van der Waals surface area contributed by atoms with Gasteiger partial charge in [-0.2, -0.15) is 0 Å². The van der Waals surface area contributed by atoms with E-state index in [0.717, 1.165) is 48.3 Å². The number of halogens is 1. The minimum absolute atomic E-state index is 0.334. The molecule has 2 aromatic carbocycles. The number of hydrogen-bond acceptors (Lipinski definition) is 5. The van der Waals surface area contributed by atoms with Gasteiger partial charge in [-0.05, 0) is 43.2 Å². The third kappa shape index (κ3) is 3.78. The van der Waals surface area contributed by atoms with Crippen LogP contribution in [0, 0.1) is 6.92 Å². The third-order valence-electron chi connectivity index (χ3n) is 5.45. The first-order valence-electron chi connectivity index (χ1n) is 9.94. The normalized spacial score (nSPS) is 18.3. The highest BCUT2D eigenvalue weighted by molar-refractivity contribution is 7.16. The number of nitrogens with one attached hydrogen (secondary N) is 2. The maximum atomic E-state index is 6.40. The van der Waals surface area contributed by atoms with E-state index in [1.807, 2.05) is 18.2 Å². The fraction of sp³-hybridized carbons (Fsp3) is 0.261. The second kappa shape index (κ2) is 7.82. The molecule has 0 saturated carbocycles. The molecule has 2 N–H and O–H groups in total. The Morgan fingerprint density at radius 3 is 2.90 bits per heavy atom. The summed E-state index contributed by atoms with van der Waals surface area (Å²) in [5.74, 6) is 1.06. The van der Waals surface area contributed by atoms with E-state index in [9.17, 15) is 0 Å². The zero-order chi connectivity index (χ0) is 19.8. The number of fused-ring (bicyclic) bond motifs is 2. The van der Waals surface area contributed by atoms with Gasteiger partial charge >= 0.3 is 0 Å². The van der Waals surface area contributed by atoms with Crippen LogP contribution in [0.3, 0.4) is 0 Å². The van der Waals surface area contributed by atoms with Gasteiger partial charge in [-0.1, -0.05) is 41.9 Å². The Bertz CT molecular complexity index is 1070. The molecule has 0 spiro atoms. The molecule has 0 bridgehead atoms. The molecule has 3 aromatic rings. The minimum Gasteiger partial charge on any atom is -0.353 e. The molecular formula is C23H23ClN4S. The van der Waals surface area contributed by atoms with Gasteiger partial charge < -0.3 is 15.5 Å². The maximum Gasteiger partial charge on any atom is 0.139 e. The molecule has 2 aliphatic heterocycles. The predicted molar refractivity (Wildman–Crippen MR) is 123 cm³/mol. The molecule has 6 heteroatoms. The zero-order valence-corrected chi connectivity index (χ0v) is 17.9. The molecule has 0 radical (unpaired) electrons. The number of amidine groups is 1. The van der Waals surface area contributed by atoms with Gasteiger partial charge in [-0.15, -0.1) is 11.3 Å². The Hall–Kier alpha value is -2.34. The van der Waals surface area contributed by atoms with Crippen molar-refractivity contribution >= 4 is 45.1 Å². The van der Waals surface area contributed by atoms with Crippen molar-refractivity contribution in [3.8, 4) is 0 Å². The van der Waals surface area contributed by atoms with Gasteiger partial charge in [0.2, 0.25) is 0 Å². The van der Waals surface area contributed by atoms with Crippen LogP contribution in [0.1, 0.15) is 16.0 Å². The molecular weight excluding hydrogens is 400 g/mol. The first kappa shape index (κ1) is 18.7. The van der Waals surface area contributed by atoms with Gasteiger partial charge in [-0.25, -0.2) is 4.99 Å². The monoisotopic (exact) mass is 422 g/mol. The molecule has 1 saturated heterocycles. The standard InChI is InChI=1S/C23H23ClN4S/c1-15-12-18-22(26-20-8-4-5-9-21(20)27-23(18)29-15)28-11-10-25-17(14-28)13-16-6-2-3-7-19(16)24/h2-9,12,17,25,27H,10-11,13-14H2,1H3. The molecule has 1 unspecified atom stereocenters. The van der Waals surface area contributed by atoms with Crippen LogP contribution in [-0.2, 0) is 6.42 Å². The van der Waals surface area contributed by atoms with E-state index in [-0.39, 0.29) is 0 Å². The summed E-state index contributed by atoms with van der Waals surface area (Å²) >= 11 is 8.19. The van der Waals surface area contributed by atoms with Crippen molar-refractivity contribution in [3.63, 3.8) is 0 Å². The lowest BCUT2D eigenvalue weighted by molar-refractivity contribution is 0.290. The number of thiophene rings is 1.